The molecule has 0 radical (unpaired) electrons. The number of likely N-dealkylation sites (N-methyl/N-ethyl adjacent to an activating group) is 1. The number of benzene rings is 1. The van der Waals surface area contributed by atoms with Crippen LogP contribution in [0.5, 0.6) is 0 Å². The molecule has 1 aromatic carbocycles. The first-order valence-electron chi connectivity index (χ1n) is 4.38. The van der Waals surface area contributed by atoms with Gasteiger partial charge in [-0.1, -0.05) is 6.07 Å². The summed E-state index contributed by atoms with van der Waals surface area (Å²) in [6, 6.07) is 3.26. The van der Waals surface area contributed by atoms with E-state index in [1.54, 1.807) is 0 Å². The molecule has 1 amide bonds. The third-order valence-corrected chi connectivity index (χ3v) is 2.06. The second kappa shape index (κ2) is 4.72. The van der Waals surface area contributed by atoms with Gasteiger partial charge in [0.2, 0.25) is 0 Å². The summed E-state index contributed by atoms with van der Waals surface area (Å²) in [6.45, 7) is 0.178. The Balaban J connectivity index is 2.62. The molecule has 1 rings (SSSR count). The van der Waals surface area contributed by atoms with Gasteiger partial charge in [0.05, 0.1) is 0 Å². The van der Waals surface area contributed by atoms with Crippen molar-refractivity contribution in [3.8, 4) is 0 Å². The van der Waals surface area contributed by atoms with Crippen molar-refractivity contribution in [3.63, 3.8) is 0 Å². The number of rotatable bonds is 3. The molecule has 0 aromatic heterocycles. The molecule has 3 nitrogen and oxygen atoms in total. The van der Waals surface area contributed by atoms with E-state index < -0.39 is 17.7 Å². The average molecular weight is 215 g/mol. The maximum atomic E-state index is 13.1. The quantitative estimate of drug-likeness (QED) is 0.838. The van der Waals surface area contributed by atoms with Gasteiger partial charge in [0.25, 0.3) is 0 Å². The van der Waals surface area contributed by atoms with Crippen molar-refractivity contribution < 1.29 is 18.7 Å². The van der Waals surface area contributed by atoms with Crippen LogP contribution in [0.25, 0.3) is 0 Å². The van der Waals surface area contributed by atoms with E-state index >= 15 is 0 Å². The normalized spacial score (nSPS) is 10.1. The summed E-state index contributed by atoms with van der Waals surface area (Å²) < 4.78 is 25.6. The fraction of sp³-hybridized carbons (Fsp3) is 0.300. The Morgan fingerprint density at radius 1 is 1.47 bits per heavy atom. The van der Waals surface area contributed by atoms with Crippen molar-refractivity contribution >= 4 is 6.09 Å². The second-order valence-electron chi connectivity index (χ2n) is 3.19. The molecule has 0 aliphatic rings. The molecular weight excluding hydrogens is 204 g/mol. The summed E-state index contributed by atoms with van der Waals surface area (Å²) in [7, 11) is 1.39. The Kier molecular flexibility index (Phi) is 3.60. The fourth-order valence-electron chi connectivity index (χ4n) is 1.11. The van der Waals surface area contributed by atoms with Gasteiger partial charge in [-0.2, -0.15) is 0 Å². The second-order valence-corrected chi connectivity index (χ2v) is 3.19. The lowest BCUT2D eigenvalue weighted by molar-refractivity contribution is 0.156. The molecular formula is C10H11F2NO2. The third kappa shape index (κ3) is 3.19. The molecule has 1 N–H and O–H groups in total. The highest BCUT2D eigenvalue weighted by atomic mass is 19.1. The fourth-order valence-corrected chi connectivity index (χ4v) is 1.11. The minimum Gasteiger partial charge on any atom is -0.465 e. The predicted octanol–water partition coefficient (Wildman–Crippen LogP) is 2.12. The number of hydrogen-bond acceptors (Lipinski definition) is 1. The number of hydrogen-bond donors (Lipinski definition) is 1. The molecule has 0 saturated carbocycles. The van der Waals surface area contributed by atoms with Crippen LogP contribution in [0.15, 0.2) is 18.2 Å². The summed E-state index contributed by atoms with van der Waals surface area (Å²) in [5.74, 6) is -1.28. The molecule has 82 valence electrons. The van der Waals surface area contributed by atoms with Gasteiger partial charge in [0, 0.05) is 19.7 Å². The number of amides is 1. The van der Waals surface area contributed by atoms with E-state index in [1.807, 2.05) is 0 Å². The maximum Gasteiger partial charge on any atom is 0.407 e. The topological polar surface area (TPSA) is 40.5 Å². The minimum absolute atomic E-state index is 0.178. The molecule has 0 spiro atoms. The Hall–Kier alpha value is -1.65. The number of carboxylic acid groups (broad SMARTS) is 1. The molecule has 0 aliphatic carbocycles. The van der Waals surface area contributed by atoms with Crippen LogP contribution >= 0.6 is 0 Å². The third-order valence-electron chi connectivity index (χ3n) is 2.06. The molecule has 15 heavy (non-hydrogen) atoms. The highest BCUT2D eigenvalue weighted by Gasteiger charge is 2.08. The van der Waals surface area contributed by atoms with E-state index in [0.29, 0.717) is 5.56 Å². The minimum atomic E-state index is -1.07. The van der Waals surface area contributed by atoms with Crippen molar-refractivity contribution in [1.29, 1.82) is 0 Å². The molecule has 1 aromatic rings. The average Bonchev–Trinajstić information content (AvgIpc) is 2.15. The van der Waals surface area contributed by atoms with Crippen LogP contribution in [0, 0.1) is 11.6 Å². The van der Waals surface area contributed by atoms with Crippen molar-refractivity contribution in [2.45, 2.75) is 6.42 Å². The van der Waals surface area contributed by atoms with E-state index in [4.69, 9.17) is 5.11 Å². The van der Waals surface area contributed by atoms with Crippen LogP contribution in [0.2, 0.25) is 0 Å². The van der Waals surface area contributed by atoms with Crippen molar-refractivity contribution in [3.05, 3.63) is 35.4 Å². The van der Waals surface area contributed by atoms with Crippen LogP contribution < -0.4 is 0 Å². The lowest BCUT2D eigenvalue weighted by atomic mass is 10.1. The van der Waals surface area contributed by atoms with E-state index in [1.165, 1.54) is 13.1 Å². The van der Waals surface area contributed by atoms with Crippen molar-refractivity contribution in [1.82, 2.24) is 4.90 Å². The predicted molar refractivity (Wildman–Crippen MR) is 50.7 cm³/mol. The first kappa shape index (κ1) is 11.4. The van der Waals surface area contributed by atoms with Gasteiger partial charge in [-0.25, -0.2) is 13.6 Å². The van der Waals surface area contributed by atoms with Gasteiger partial charge in [-0.3, -0.25) is 0 Å². The molecule has 0 aliphatic heterocycles. The Morgan fingerprint density at radius 3 is 2.67 bits per heavy atom. The van der Waals surface area contributed by atoms with Gasteiger partial charge in [0.15, 0.2) is 0 Å². The Labute approximate surface area is 85.9 Å². The number of nitrogens with zero attached hydrogens (tertiary/aromatic N) is 1. The number of carbonyl (C=O) groups is 1. The smallest absolute Gasteiger partial charge is 0.407 e. The van der Waals surface area contributed by atoms with E-state index in [0.717, 1.165) is 17.0 Å². The monoisotopic (exact) mass is 215 g/mol. The van der Waals surface area contributed by atoms with Crippen LogP contribution in [-0.4, -0.2) is 29.7 Å². The molecule has 0 bridgehead atoms. The highest BCUT2D eigenvalue weighted by Crippen LogP contribution is 2.10. The Morgan fingerprint density at radius 2 is 2.13 bits per heavy atom. The van der Waals surface area contributed by atoms with Gasteiger partial charge in [-0.15, -0.1) is 0 Å². The SMILES string of the molecule is CN(CCc1ccc(F)cc1F)C(=O)O. The summed E-state index contributed by atoms with van der Waals surface area (Å²) in [5, 5.41) is 8.55. The van der Waals surface area contributed by atoms with Gasteiger partial charge in [-0.05, 0) is 18.1 Å². The summed E-state index contributed by atoms with van der Waals surface area (Å²) in [5.41, 5.74) is 0.310. The van der Waals surface area contributed by atoms with Crippen LogP contribution in [0.3, 0.4) is 0 Å². The largest absolute Gasteiger partial charge is 0.465 e. The lowest BCUT2D eigenvalue weighted by Gasteiger charge is -2.12. The van der Waals surface area contributed by atoms with Crippen LogP contribution in [0.4, 0.5) is 13.6 Å². The maximum absolute atomic E-state index is 13.1. The van der Waals surface area contributed by atoms with Crippen LogP contribution in [-0.2, 0) is 6.42 Å². The van der Waals surface area contributed by atoms with E-state index in [9.17, 15) is 13.6 Å². The molecule has 0 saturated heterocycles. The number of halogens is 2. The zero-order valence-corrected chi connectivity index (χ0v) is 8.20. The van der Waals surface area contributed by atoms with Crippen molar-refractivity contribution in [2.75, 3.05) is 13.6 Å². The summed E-state index contributed by atoms with van der Waals surface area (Å²) in [4.78, 5) is 11.5. The van der Waals surface area contributed by atoms with E-state index in [-0.39, 0.29) is 13.0 Å². The molecule has 0 heterocycles. The first-order valence-corrected chi connectivity index (χ1v) is 4.38. The van der Waals surface area contributed by atoms with Gasteiger partial charge in [0.1, 0.15) is 11.6 Å². The van der Waals surface area contributed by atoms with Crippen molar-refractivity contribution in [2.24, 2.45) is 0 Å². The zero-order chi connectivity index (χ0) is 11.4. The lowest BCUT2D eigenvalue weighted by Crippen LogP contribution is -2.27. The van der Waals surface area contributed by atoms with Gasteiger partial charge < -0.3 is 10.0 Å². The summed E-state index contributed by atoms with van der Waals surface area (Å²) in [6.07, 6.45) is -0.841. The first-order chi connectivity index (χ1) is 7.00. The zero-order valence-electron chi connectivity index (χ0n) is 8.20. The molecule has 0 atom stereocenters. The molecule has 5 heteroatoms. The standard InChI is InChI=1S/C10H11F2NO2/c1-13(10(14)15)5-4-7-2-3-8(11)6-9(7)12/h2-3,6H,4-5H2,1H3,(H,14,15). The summed E-state index contributed by atoms with van der Waals surface area (Å²) >= 11 is 0. The van der Waals surface area contributed by atoms with Crippen LogP contribution in [0.1, 0.15) is 5.56 Å². The molecule has 0 unspecified atom stereocenters. The van der Waals surface area contributed by atoms with Gasteiger partial charge >= 0.3 is 6.09 Å². The van der Waals surface area contributed by atoms with E-state index in [2.05, 4.69) is 0 Å². The Bertz CT molecular complexity index is 368. The highest BCUT2D eigenvalue weighted by molar-refractivity contribution is 5.64. The molecule has 0 fully saturated rings.